The molecule has 1 heterocycles. The van der Waals surface area contributed by atoms with E-state index in [0.717, 1.165) is 16.7 Å². The van der Waals surface area contributed by atoms with E-state index >= 15 is 0 Å². The monoisotopic (exact) mass is 276 g/mol. The van der Waals surface area contributed by atoms with Gasteiger partial charge in [0, 0.05) is 12.0 Å². The molecule has 0 spiro atoms. The molecule has 0 aromatic heterocycles. The van der Waals surface area contributed by atoms with Gasteiger partial charge in [-0.2, -0.15) is 0 Å². The number of carbonyl (C=O) groups excluding carboxylic acids is 1. The molecule has 0 N–H and O–H groups in total. The third-order valence-corrected chi connectivity index (χ3v) is 3.39. The van der Waals surface area contributed by atoms with Gasteiger partial charge in [-0.25, -0.2) is 4.79 Å². The zero-order valence-electron chi connectivity index (χ0n) is 11.6. The molecule has 0 radical (unpaired) electrons. The van der Waals surface area contributed by atoms with E-state index in [2.05, 4.69) is 0 Å². The lowest BCUT2D eigenvalue weighted by Crippen LogP contribution is -2.01. The molecule has 3 rings (SSSR count). The van der Waals surface area contributed by atoms with Gasteiger partial charge in [-0.15, -0.1) is 0 Å². The molecule has 2 aromatic rings. The summed E-state index contributed by atoms with van der Waals surface area (Å²) in [6, 6.07) is 19.8. The number of esters is 1. The van der Waals surface area contributed by atoms with E-state index in [9.17, 15) is 4.79 Å². The number of rotatable bonds is 3. The van der Waals surface area contributed by atoms with Crippen LogP contribution in [0.25, 0.3) is 12.2 Å². The quantitative estimate of drug-likeness (QED) is 0.623. The molecule has 1 saturated heterocycles. The number of benzene rings is 2. The molecule has 2 heteroatoms. The summed E-state index contributed by atoms with van der Waals surface area (Å²) in [5.41, 5.74) is 2.86. The lowest BCUT2D eigenvalue weighted by Gasteiger charge is -2.00. The minimum atomic E-state index is -0.221. The van der Waals surface area contributed by atoms with Crippen LogP contribution < -0.4 is 0 Å². The standard InChI is InChI=1S/C19H16O2/c20-19-17(13-16-9-5-2-6-10-16)14-18(21-19)12-11-15-7-3-1-4-8-15/h1-13,18H,14H2/b12-11+,17-13+. The van der Waals surface area contributed by atoms with E-state index in [0.29, 0.717) is 6.42 Å². The Hall–Kier alpha value is -2.61. The van der Waals surface area contributed by atoms with Crippen molar-refractivity contribution in [2.24, 2.45) is 0 Å². The first-order valence-corrected chi connectivity index (χ1v) is 7.01. The van der Waals surface area contributed by atoms with Crippen molar-refractivity contribution in [2.45, 2.75) is 12.5 Å². The molecule has 0 aliphatic carbocycles. The van der Waals surface area contributed by atoms with Crippen molar-refractivity contribution in [1.29, 1.82) is 0 Å². The Kier molecular flexibility index (Phi) is 3.97. The van der Waals surface area contributed by atoms with Crippen LogP contribution in [0.5, 0.6) is 0 Å². The van der Waals surface area contributed by atoms with Crippen LogP contribution in [0.2, 0.25) is 0 Å². The molecule has 2 aromatic carbocycles. The highest BCUT2D eigenvalue weighted by molar-refractivity contribution is 5.96. The second-order valence-electron chi connectivity index (χ2n) is 5.00. The molecule has 2 nitrogen and oxygen atoms in total. The van der Waals surface area contributed by atoms with Crippen molar-refractivity contribution in [1.82, 2.24) is 0 Å². The van der Waals surface area contributed by atoms with Crippen molar-refractivity contribution in [3.05, 3.63) is 83.4 Å². The lowest BCUT2D eigenvalue weighted by atomic mass is 10.1. The van der Waals surface area contributed by atoms with Crippen molar-refractivity contribution in [2.75, 3.05) is 0 Å². The zero-order chi connectivity index (χ0) is 14.5. The second-order valence-corrected chi connectivity index (χ2v) is 5.00. The van der Waals surface area contributed by atoms with Crippen molar-refractivity contribution in [3.63, 3.8) is 0 Å². The zero-order valence-corrected chi connectivity index (χ0v) is 11.6. The number of cyclic esters (lactones) is 1. The van der Waals surface area contributed by atoms with Gasteiger partial charge < -0.3 is 4.74 Å². The van der Waals surface area contributed by atoms with Gasteiger partial charge in [0.1, 0.15) is 6.10 Å². The molecule has 1 aliphatic rings. The summed E-state index contributed by atoms with van der Waals surface area (Å²) >= 11 is 0. The van der Waals surface area contributed by atoms with E-state index in [1.54, 1.807) is 0 Å². The van der Waals surface area contributed by atoms with Gasteiger partial charge in [0.15, 0.2) is 0 Å². The molecular weight excluding hydrogens is 260 g/mol. The van der Waals surface area contributed by atoms with Gasteiger partial charge in [-0.05, 0) is 23.3 Å². The number of carbonyl (C=O) groups is 1. The Labute approximate surface area is 124 Å². The van der Waals surface area contributed by atoms with Crippen LogP contribution >= 0.6 is 0 Å². The van der Waals surface area contributed by atoms with E-state index in [-0.39, 0.29) is 12.1 Å². The fraction of sp³-hybridized carbons (Fsp3) is 0.105. The van der Waals surface area contributed by atoms with Crippen LogP contribution in [-0.4, -0.2) is 12.1 Å². The molecule has 0 bridgehead atoms. The van der Waals surface area contributed by atoms with Gasteiger partial charge in [0.25, 0.3) is 0 Å². The average Bonchev–Trinajstić information content (AvgIpc) is 2.87. The second kappa shape index (κ2) is 6.23. The minimum Gasteiger partial charge on any atom is -0.454 e. The Morgan fingerprint density at radius 1 is 0.905 bits per heavy atom. The van der Waals surface area contributed by atoms with Gasteiger partial charge in [0.2, 0.25) is 0 Å². The number of hydrogen-bond donors (Lipinski definition) is 0. The number of ether oxygens (including phenoxy) is 1. The third kappa shape index (κ3) is 3.48. The fourth-order valence-electron chi connectivity index (χ4n) is 2.31. The summed E-state index contributed by atoms with van der Waals surface area (Å²) in [5, 5.41) is 0. The van der Waals surface area contributed by atoms with E-state index in [1.165, 1.54) is 0 Å². The summed E-state index contributed by atoms with van der Waals surface area (Å²) in [7, 11) is 0. The summed E-state index contributed by atoms with van der Waals surface area (Å²) in [4.78, 5) is 11.9. The first-order chi connectivity index (χ1) is 10.3. The molecule has 104 valence electrons. The van der Waals surface area contributed by atoms with Gasteiger partial charge in [-0.3, -0.25) is 0 Å². The lowest BCUT2D eigenvalue weighted by molar-refractivity contribution is -0.137. The average molecular weight is 276 g/mol. The summed E-state index contributed by atoms with van der Waals surface area (Å²) < 4.78 is 5.37. The van der Waals surface area contributed by atoms with Crippen molar-refractivity contribution < 1.29 is 9.53 Å². The Balaban J connectivity index is 1.70. The highest BCUT2D eigenvalue weighted by atomic mass is 16.5. The van der Waals surface area contributed by atoms with Gasteiger partial charge in [0.05, 0.1) is 0 Å². The minimum absolute atomic E-state index is 0.173. The van der Waals surface area contributed by atoms with Crippen LogP contribution in [0, 0.1) is 0 Å². The molecule has 1 atom stereocenters. The van der Waals surface area contributed by atoms with E-state index < -0.39 is 0 Å². The van der Waals surface area contributed by atoms with Gasteiger partial charge >= 0.3 is 5.97 Å². The van der Waals surface area contributed by atoms with Crippen LogP contribution in [0.1, 0.15) is 17.5 Å². The first kappa shape index (κ1) is 13.4. The predicted molar refractivity (Wildman–Crippen MR) is 84.4 cm³/mol. The topological polar surface area (TPSA) is 26.3 Å². The molecule has 21 heavy (non-hydrogen) atoms. The van der Waals surface area contributed by atoms with Crippen molar-refractivity contribution >= 4 is 18.1 Å². The molecule has 0 amide bonds. The molecule has 1 unspecified atom stereocenters. The first-order valence-electron chi connectivity index (χ1n) is 7.01. The highest BCUT2D eigenvalue weighted by Crippen LogP contribution is 2.24. The SMILES string of the molecule is O=C1OC(/C=C/c2ccccc2)C/C1=C\c1ccccc1. The van der Waals surface area contributed by atoms with E-state index in [1.807, 2.05) is 78.9 Å². The normalized spacial score (nSPS) is 20.1. The van der Waals surface area contributed by atoms with E-state index in [4.69, 9.17) is 4.74 Å². The predicted octanol–water partition coefficient (Wildman–Crippen LogP) is 4.10. The summed E-state index contributed by atoms with van der Waals surface area (Å²) in [6.07, 6.45) is 6.28. The van der Waals surface area contributed by atoms with Crippen LogP contribution in [0.3, 0.4) is 0 Å². The third-order valence-electron chi connectivity index (χ3n) is 3.39. The van der Waals surface area contributed by atoms with Gasteiger partial charge in [-0.1, -0.05) is 66.7 Å². The van der Waals surface area contributed by atoms with Crippen LogP contribution in [0.15, 0.2) is 72.3 Å². The summed E-state index contributed by atoms with van der Waals surface area (Å²) in [5.74, 6) is -0.221. The summed E-state index contributed by atoms with van der Waals surface area (Å²) in [6.45, 7) is 0. The highest BCUT2D eigenvalue weighted by Gasteiger charge is 2.26. The Morgan fingerprint density at radius 3 is 2.19 bits per heavy atom. The molecular formula is C19H16O2. The van der Waals surface area contributed by atoms with Crippen LogP contribution in [-0.2, 0) is 9.53 Å². The van der Waals surface area contributed by atoms with Crippen LogP contribution in [0.4, 0.5) is 0 Å². The largest absolute Gasteiger partial charge is 0.454 e. The number of hydrogen-bond acceptors (Lipinski definition) is 2. The fourth-order valence-corrected chi connectivity index (χ4v) is 2.31. The maximum Gasteiger partial charge on any atom is 0.334 e. The van der Waals surface area contributed by atoms with Crippen molar-refractivity contribution in [3.8, 4) is 0 Å². The molecule has 1 aliphatic heterocycles. The Morgan fingerprint density at radius 2 is 1.52 bits per heavy atom. The molecule has 0 saturated carbocycles. The molecule has 1 fully saturated rings. The smallest absolute Gasteiger partial charge is 0.334 e. The maximum atomic E-state index is 11.9. The maximum absolute atomic E-state index is 11.9. The Bertz CT molecular complexity index is 669.